The van der Waals surface area contributed by atoms with Crippen LogP contribution in [0, 0.1) is 18.3 Å². The molecule has 0 unspecified atom stereocenters. The second kappa shape index (κ2) is 5.40. The van der Waals surface area contributed by atoms with Gasteiger partial charge in [0.1, 0.15) is 18.5 Å². The third kappa shape index (κ3) is 2.57. The SMILES string of the molecule is COCCC[n+]1ccn(CC#N)c1C. The Hall–Kier alpha value is -1.34. The molecule has 4 nitrogen and oxygen atoms in total. The Morgan fingerprint density at radius 1 is 1.64 bits per heavy atom. The van der Waals surface area contributed by atoms with Crippen molar-refractivity contribution in [3.63, 3.8) is 0 Å². The van der Waals surface area contributed by atoms with Crippen LogP contribution in [0.15, 0.2) is 12.4 Å². The molecule has 0 radical (unpaired) electrons. The van der Waals surface area contributed by atoms with Gasteiger partial charge in [0.15, 0.2) is 6.54 Å². The van der Waals surface area contributed by atoms with E-state index in [4.69, 9.17) is 10.00 Å². The molecule has 1 rings (SSSR count). The Morgan fingerprint density at radius 2 is 2.43 bits per heavy atom. The summed E-state index contributed by atoms with van der Waals surface area (Å²) in [5.41, 5.74) is 0. The highest BCUT2D eigenvalue weighted by molar-refractivity contribution is 4.84. The first kappa shape index (κ1) is 10.7. The van der Waals surface area contributed by atoms with Gasteiger partial charge in [0.05, 0.1) is 6.54 Å². The summed E-state index contributed by atoms with van der Waals surface area (Å²) in [6, 6.07) is 2.13. The largest absolute Gasteiger partial charge is 0.385 e. The molecule has 1 aromatic rings. The quantitative estimate of drug-likeness (QED) is 0.510. The molecule has 1 heterocycles. The Bertz CT molecular complexity index is 325. The lowest BCUT2D eigenvalue weighted by Crippen LogP contribution is -2.36. The van der Waals surface area contributed by atoms with Crippen molar-refractivity contribution >= 4 is 0 Å². The minimum atomic E-state index is 0.420. The summed E-state index contributed by atoms with van der Waals surface area (Å²) in [4.78, 5) is 0. The highest BCUT2D eigenvalue weighted by atomic mass is 16.5. The van der Waals surface area contributed by atoms with Crippen molar-refractivity contribution in [2.45, 2.75) is 26.4 Å². The Morgan fingerprint density at radius 3 is 3.07 bits per heavy atom. The maximum absolute atomic E-state index is 8.57. The van der Waals surface area contributed by atoms with Crippen LogP contribution in [0.2, 0.25) is 0 Å². The molecule has 14 heavy (non-hydrogen) atoms. The predicted octanol–water partition coefficient (Wildman–Crippen LogP) is 0.644. The summed E-state index contributed by atoms with van der Waals surface area (Å²) in [5.74, 6) is 1.11. The van der Waals surface area contributed by atoms with E-state index in [1.165, 1.54) is 0 Å². The fraction of sp³-hybridized carbons (Fsp3) is 0.600. The Kier molecular flexibility index (Phi) is 4.14. The molecule has 0 amide bonds. The van der Waals surface area contributed by atoms with Crippen molar-refractivity contribution in [3.8, 4) is 6.07 Å². The lowest BCUT2D eigenvalue weighted by atomic mass is 10.4. The molecule has 0 N–H and O–H groups in total. The van der Waals surface area contributed by atoms with Crippen molar-refractivity contribution in [1.82, 2.24) is 4.57 Å². The molecule has 0 saturated carbocycles. The van der Waals surface area contributed by atoms with E-state index in [1.807, 2.05) is 23.9 Å². The minimum Gasteiger partial charge on any atom is -0.385 e. The van der Waals surface area contributed by atoms with Gasteiger partial charge in [-0.1, -0.05) is 0 Å². The van der Waals surface area contributed by atoms with E-state index in [0.717, 1.165) is 25.4 Å². The standard InChI is InChI=1S/C10H16N3O/c1-10-12(5-3-9-14-2)7-8-13(10)6-4-11/h7-8H,3,5-6,9H2,1-2H3/q+1. The zero-order chi connectivity index (χ0) is 10.4. The van der Waals surface area contributed by atoms with Gasteiger partial charge in [-0.25, -0.2) is 9.13 Å². The highest BCUT2D eigenvalue weighted by Gasteiger charge is 2.10. The van der Waals surface area contributed by atoms with Crippen LogP contribution in [0.4, 0.5) is 0 Å². The number of imidazole rings is 1. The lowest BCUT2D eigenvalue weighted by molar-refractivity contribution is -0.702. The first-order valence-corrected chi connectivity index (χ1v) is 4.70. The van der Waals surface area contributed by atoms with Crippen LogP contribution in [0.25, 0.3) is 0 Å². The van der Waals surface area contributed by atoms with Crippen LogP contribution in [0.1, 0.15) is 12.2 Å². The van der Waals surface area contributed by atoms with E-state index in [1.54, 1.807) is 7.11 Å². The number of rotatable bonds is 5. The molecule has 0 atom stereocenters. The second-order valence-electron chi connectivity index (χ2n) is 3.17. The van der Waals surface area contributed by atoms with Crippen molar-refractivity contribution < 1.29 is 9.30 Å². The first-order valence-electron chi connectivity index (χ1n) is 4.70. The number of ether oxygens (including phenoxy) is 1. The molecular formula is C10H16N3O+. The maximum Gasteiger partial charge on any atom is 0.254 e. The lowest BCUT2D eigenvalue weighted by Gasteiger charge is -1.98. The highest BCUT2D eigenvalue weighted by Crippen LogP contribution is 1.93. The van der Waals surface area contributed by atoms with Crippen molar-refractivity contribution in [2.75, 3.05) is 13.7 Å². The van der Waals surface area contributed by atoms with E-state index < -0.39 is 0 Å². The maximum atomic E-state index is 8.57. The van der Waals surface area contributed by atoms with Gasteiger partial charge in [0.25, 0.3) is 5.82 Å². The smallest absolute Gasteiger partial charge is 0.254 e. The van der Waals surface area contributed by atoms with Crippen molar-refractivity contribution in [3.05, 3.63) is 18.2 Å². The number of aryl methyl sites for hydroxylation is 1. The third-order valence-electron chi connectivity index (χ3n) is 2.25. The molecular weight excluding hydrogens is 178 g/mol. The van der Waals surface area contributed by atoms with E-state index in [-0.39, 0.29) is 0 Å². The molecule has 0 saturated heterocycles. The normalized spacial score (nSPS) is 10.1. The van der Waals surface area contributed by atoms with Gasteiger partial charge in [-0.3, -0.25) is 0 Å². The van der Waals surface area contributed by atoms with E-state index in [2.05, 4.69) is 10.6 Å². The molecule has 0 spiro atoms. The molecule has 0 fully saturated rings. The number of aromatic nitrogens is 2. The minimum absolute atomic E-state index is 0.420. The number of methoxy groups -OCH3 is 1. The molecule has 0 aliphatic carbocycles. The van der Waals surface area contributed by atoms with Gasteiger partial charge >= 0.3 is 0 Å². The Labute approximate surface area is 84.3 Å². The van der Waals surface area contributed by atoms with Crippen LogP contribution in [-0.2, 0) is 17.8 Å². The van der Waals surface area contributed by atoms with E-state index in [9.17, 15) is 0 Å². The average molecular weight is 194 g/mol. The molecule has 0 aromatic carbocycles. The molecule has 0 aliphatic rings. The molecule has 0 bridgehead atoms. The van der Waals surface area contributed by atoms with Crippen LogP contribution >= 0.6 is 0 Å². The zero-order valence-electron chi connectivity index (χ0n) is 8.73. The fourth-order valence-electron chi connectivity index (χ4n) is 1.40. The number of nitrogens with zero attached hydrogens (tertiary/aromatic N) is 3. The summed E-state index contributed by atoms with van der Waals surface area (Å²) in [6.07, 6.45) is 4.94. The van der Waals surface area contributed by atoms with Crippen molar-refractivity contribution in [2.24, 2.45) is 0 Å². The van der Waals surface area contributed by atoms with Gasteiger partial charge < -0.3 is 4.74 Å². The molecule has 1 aromatic heterocycles. The van der Waals surface area contributed by atoms with Gasteiger partial charge in [0, 0.05) is 27.1 Å². The van der Waals surface area contributed by atoms with Crippen LogP contribution in [-0.4, -0.2) is 18.3 Å². The second-order valence-corrected chi connectivity index (χ2v) is 3.17. The van der Waals surface area contributed by atoms with Gasteiger partial charge in [-0.2, -0.15) is 5.26 Å². The average Bonchev–Trinajstić information content (AvgIpc) is 2.51. The zero-order valence-corrected chi connectivity index (χ0v) is 8.73. The van der Waals surface area contributed by atoms with Gasteiger partial charge in [-0.15, -0.1) is 0 Å². The van der Waals surface area contributed by atoms with Gasteiger partial charge in [0.2, 0.25) is 0 Å². The summed E-state index contributed by atoms with van der Waals surface area (Å²) < 4.78 is 9.06. The third-order valence-corrected chi connectivity index (χ3v) is 2.25. The summed E-state index contributed by atoms with van der Waals surface area (Å²) >= 11 is 0. The van der Waals surface area contributed by atoms with E-state index in [0.29, 0.717) is 6.54 Å². The Balaban J connectivity index is 2.56. The number of hydrogen-bond acceptors (Lipinski definition) is 2. The fourth-order valence-corrected chi connectivity index (χ4v) is 1.40. The monoisotopic (exact) mass is 194 g/mol. The molecule has 0 aliphatic heterocycles. The predicted molar refractivity (Wildman–Crippen MR) is 51.5 cm³/mol. The van der Waals surface area contributed by atoms with E-state index >= 15 is 0 Å². The number of nitriles is 1. The van der Waals surface area contributed by atoms with Gasteiger partial charge in [-0.05, 0) is 0 Å². The molecule has 4 heteroatoms. The van der Waals surface area contributed by atoms with Crippen LogP contribution in [0.3, 0.4) is 0 Å². The van der Waals surface area contributed by atoms with Crippen molar-refractivity contribution in [1.29, 1.82) is 5.26 Å². The molecule has 76 valence electrons. The van der Waals surface area contributed by atoms with Crippen LogP contribution < -0.4 is 4.57 Å². The summed E-state index contributed by atoms with van der Waals surface area (Å²) in [6.45, 7) is 4.15. The summed E-state index contributed by atoms with van der Waals surface area (Å²) in [5, 5.41) is 8.57. The summed E-state index contributed by atoms with van der Waals surface area (Å²) in [7, 11) is 1.71. The number of hydrogen-bond donors (Lipinski definition) is 0. The topological polar surface area (TPSA) is 41.8 Å². The first-order chi connectivity index (χ1) is 6.79. The van der Waals surface area contributed by atoms with Crippen LogP contribution in [0.5, 0.6) is 0 Å².